The Morgan fingerprint density at radius 2 is 1.71 bits per heavy atom. The van der Waals surface area contributed by atoms with E-state index in [4.69, 9.17) is 16.3 Å². The van der Waals surface area contributed by atoms with Crippen LogP contribution in [0.25, 0.3) is 16.9 Å². The van der Waals surface area contributed by atoms with Gasteiger partial charge in [0.25, 0.3) is 0 Å². The number of halogens is 1. The number of ether oxygens (including phenoxy) is 1. The summed E-state index contributed by atoms with van der Waals surface area (Å²) in [7, 11) is 1.68. The normalized spacial score (nSPS) is 10.6. The van der Waals surface area contributed by atoms with Crippen LogP contribution in [0.1, 0.15) is 5.69 Å². The highest BCUT2D eigenvalue weighted by molar-refractivity contribution is 6.30. The zero-order chi connectivity index (χ0) is 14.8. The first-order chi connectivity index (χ1) is 10.2. The van der Waals surface area contributed by atoms with Gasteiger partial charge in [0.05, 0.1) is 12.8 Å². The van der Waals surface area contributed by atoms with Gasteiger partial charge < -0.3 is 9.30 Å². The second-order valence-corrected chi connectivity index (χ2v) is 5.34. The summed E-state index contributed by atoms with van der Waals surface area (Å²) in [4.78, 5) is 0. The van der Waals surface area contributed by atoms with Gasteiger partial charge in [-0.1, -0.05) is 29.8 Å². The van der Waals surface area contributed by atoms with Crippen molar-refractivity contribution in [3.05, 3.63) is 71.4 Å². The van der Waals surface area contributed by atoms with E-state index in [1.807, 2.05) is 42.5 Å². The Morgan fingerprint density at radius 1 is 0.952 bits per heavy atom. The average molecular weight is 298 g/mol. The summed E-state index contributed by atoms with van der Waals surface area (Å²) < 4.78 is 7.54. The molecule has 0 radical (unpaired) electrons. The fourth-order valence-corrected chi connectivity index (χ4v) is 2.60. The van der Waals surface area contributed by atoms with Gasteiger partial charge in [-0.05, 0) is 48.9 Å². The molecule has 21 heavy (non-hydrogen) atoms. The van der Waals surface area contributed by atoms with Gasteiger partial charge in [0, 0.05) is 22.5 Å². The fourth-order valence-electron chi connectivity index (χ4n) is 2.48. The number of rotatable bonds is 3. The van der Waals surface area contributed by atoms with Crippen molar-refractivity contribution in [1.29, 1.82) is 0 Å². The number of benzene rings is 2. The third-order valence-electron chi connectivity index (χ3n) is 3.53. The molecule has 0 amide bonds. The van der Waals surface area contributed by atoms with E-state index in [0.717, 1.165) is 27.7 Å². The highest BCUT2D eigenvalue weighted by Crippen LogP contribution is 2.28. The second-order valence-electron chi connectivity index (χ2n) is 4.90. The summed E-state index contributed by atoms with van der Waals surface area (Å²) in [5.74, 6) is 0.850. The van der Waals surface area contributed by atoms with Crippen LogP contribution in [0.15, 0.2) is 60.7 Å². The maximum atomic E-state index is 5.98. The van der Waals surface area contributed by atoms with Crippen LogP contribution >= 0.6 is 11.6 Å². The van der Waals surface area contributed by atoms with Crippen molar-refractivity contribution < 1.29 is 4.74 Å². The third-order valence-corrected chi connectivity index (χ3v) is 3.78. The van der Waals surface area contributed by atoms with Crippen molar-refractivity contribution in [3.8, 4) is 22.7 Å². The van der Waals surface area contributed by atoms with Crippen molar-refractivity contribution in [2.45, 2.75) is 6.92 Å². The molecule has 0 aliphatic rings. The van der Waals surface area contributed by atoms with Crippen LogP contribution in [0.5, 0.6) is 5.75 Å². The van der Waals surface area contributed by atoms with E-state index in [0.29, 0.717) is 0 Å². The molecule has 0 N–H and O–H groups in total. The van der Waals surface area contributed by atoms with Crippen LogP contribution in [0.2, 0.25) is 5.02 Å². The molecular formula is C18H16ClNO. The minimum Gasteiger partial charge on any atom is -0.497 e. The predicted molar refractivity (Wildman–Crippen MR) is 87.5 cm³/mol. The fraction of sp³-hybridized carbons (Fsp3) is 0.111. The van der Waals surface area contributed by atoms with Gasteiger partial charge in [0.2, 0.25) is 0 Å². The summed E-state index contributed by atoms with van der Waals surface area (Å²) >= 11 is 5.98. The van der Waals surface area contributed by atoms with Gasteiger partial charge in [0.1, 0.15) is 5.75 Å². The number of methoxy groups -OCH3 is 1. The third kappa shape index (κ3) is 2.67. The smallest absolute Gasteiger partial charge is 0.120 e. The Morgan fingerprint density at radius 3 is 2.43 bits per heavy atom. The lowest BCUT2D eigenvalue weighted by atomic mass is 10.1. The van der Waals surface area contributed by atoms with Crippen molar-refractivity contribution in [3.63, 3.8) is 0 Å². The molecule has 1 heterocycles. The highest BCUT2D eigenvalue weighted by Gasteiger charge is 2.10. The number of aryl methyl sites for hydroxylation is 1. The lowest BCUT2D eigenvalue weighted by Crippen LogP contribution is -1.99. The summed E-state index contributed by atoms with van der Waals surface area (Å²) in [6.45, 7) is 2.10. The molecule has 0 saturated heterocycles. The lowest BCUT2D eigenvalue weighted by molar-refractivity contribution is 0.414. The monoisotopic (exact) mass is 297 g/mol. The molecule has 0 aliphatic carbocycles. The van der Waals surface area contributed by atoms with Crippen LogP contribution in [0, 0.1) is 6.92 Å². The van der Waals surface area contributed by atoms with Gasteiger partial charge in [-0.25, -0.2) is 0 Å². The number of hydrogen-bond donors (Lipinski definition) is 0. The molecular weight excluding hydrogens is 282 g/mol. The Kier molecular flexibility index (Phi) is 3.72. The van der Waals surface area contributed by atoms with Crippen LogP contribution in [-0.2, 0) is 0 Å². The van der Waals surface area contributed by atoms with Gasteiger partial charge in [-0.2, -0.15) is 0 Å². The van der Waals surface area contributed by atoms with E-state index in [1.165, 1.54) is 5.69 Å². The van der Waals surface area contributed by atoms with E-state index >= 15 is 0 Å². The first-order valence-electron chi connectivity index (χ1n) is 6.78. The first-order valence-corrected chi connectivity index (χ1v) is 7.15. The Labute approximate surface area is 129 Å². The summed E-state index contributed by atoms with van der Waals surface area (Å²) in [5.41, 5.74) is 4.53. The highest BCUT2D eigenvalue weighted by atomic mass is 35.5. The van der Waals surface area contributed by atoms with Gasteiger partial charge >= 0.3 is 0 Å². The minimum absolute atomic E-state index is 0.745. The summed E-state index contributed by atoms with van der Waals surface area (Å²) in [6.07, 6.45) is 0. The first kappa shape index (κ1) is 13.8. The molecule has 1 aromatic heterocycles. The number of hydrogen-bond acceptors (Lipinski definition) is 1. The molecule has 2 nitrogen and oxygen atoms in total. The van der Waals surface area contributed by atoms with Crippen molar-refractivity contribution in [1.82, 2.24) is 4.57 Å². The number of aromatic nitrogens is 1. The lowest BCUT2D eigenvalue weighted by Gasteiger charge is -2.13. The van der Waals surface area contributed by atoms with Gasteiger partial charge in [0.15, 0.2) is 0 Å². The summed E-state index contributed by atoms with van der Waals surface area (Å²) in [6, 6.07) is 20.2. The molecule has 0 saturated carbocycles. The predicted octanol–water partition coefficient (Wildman–Crippen LogP) is 5.11. The minimum atomic E-state index is 0.745. The van der Waals surface area contributed by atoms with Crippen molar-refractivity contribution in [2.75, 3.05) is 7.11 Å². The largest absolute Gasteiger partial charge is 0.497 e. The quantitative estimate of drug-likeness (QED) is 0.655. The molecule has 3 rings (SSSR count). The Bertz CT molecular complexity index is 759. The van der Waals surface area contributed by atoms with Gasteiger partial charge in [-0.15, -0.1) is 0 Å². The van der Waals surface area contributed by atoms with Crippen LogP contribution in [0.4, 0.5) is 0 Å². The van der Waals surface area contributed by atoms with E-state index in [9.17, 15) is 0 Å². The standard InChI is InChI=1S/C18H16ClNO/c1-13-6-11-18(14-7-9-15(19)10-8-14)20(13)16-4-3-5-17(12-16)21-2/h3-12H,1-2H3. The molecule has 0 spiro atoms. The molecule has 0 atom stereocenters. The Hall–Kier alpha value is -2.19. The van der Waals surface area contributed by atoms with Crippen LogP contribution < -0.4 is 4.74 Å². The topological polar surface area (TPSA) is 14.2 Å². The van der Waals surface area contributed by atoms with E-state index in [2.05, 4.69) is 29.7 Å². The van der Waals surface area contributed by atoms with Crippen LogP contribution in [-0.4, -0.2) is 11.7 Å². The zero-order valence-electron chi connectivity index (χ0n) is 12.0. The molecule has 3 aromatic rings. The van der Waals surface area contributed by atoms with E-state index in [1.54, 1.807) is 7.11 Å². The second kappa shape index (κ2) is 5.66. The van der Waals surface area contributed by atoms with Crippen molar-refractivity contribution >= 4 is 11.6 Å². The molecule has 0 fully saturated rings. The maximum Gasteiger partial charge on any atom is 0.120 e. The molecule has 2 aromatic carbocycles. The SMILES string of the molecule is COc1cccc(-n2c(C)ccc2-c2ccc(Cl)cc2)c1. The molecule has 106 valence electrons. The molecule has 0 aliphatic heterocycles. The molecule has 0 bridgehead atoms. The maximum absolute atomic E-state index is 5.98. The van der Waals surface area contributed by atoms with E-state index < -0.39 is 0 Å². The van der Waals surface area contributed by atoms with Crippen molar-refractivity contribution in [2.24, 2.45) is 0 Å². The Balaban J connectivity index is 2.14. The molecule has 0 unspecified atom stereocenters. The number of nitrogens with zero attached hydrogens (tertiary/aromatic N) is 1. The van der Waals surface area contributed by atoms with Gasteiger partial charge in [-0.3, -0.25) is 0 Å². The molecule has 3 heteroatoms. The van der Waals surface area contributed by atoms with Crippen LogP contribution in [0.3, 0.4) is 0 Å². The summed E-state index contributed by atoms with van der Waals surface area (Å²) in [5, 5.41) is 0.745. The zero-order valence-corrected chi connectivity index (χ0v) is 12.8. The average Bonchev–Trinajstić information content (AvgIpc) is 2.90. The van der Waals surface area contributed by atoms with E-state index in [-0.39, 0.29) is 0 Å².